The van der Waals surface area contributed by atoms with E-state index in [2.05, 4.69) is 21.1 Å². The molecule has 0 aliphatic carbocycles. The SMILES string of the molecule is Cc1nc(-n2nc(CC3COc4ccccc43)nc2-c2ccc(CO)cn2)n(C)n1. The molecule has 4 aromatic rings. The number of hydrogen-bond donors (Lipinski definition) is 1. The lowest BCUT2D eigenvalue weighted by molar-refractivity contribution is 0.281. The Morgan fingerprint density at radius 2 is 2.00 bits per heavy atom. The molecule has 1 unspecified atom stereocenters. The third-order valence-electron chi connectivity index (χ3n) is 5.15. The van der Waals surface area contributed by atoms with Crippen LogP contribution in [-0.2, 0) is 20.1 Å². The summed E-state index contributed by atoms with van der Waals surface area (Å²) in [5, 5.41) is 18.4. The molecule has 0 saturated heterocycles. The first kappa shape index (κ1) is 18.4. The van der Waals surface area contributed by atoms with Gasteiger partial charge in [-0.15, -0.1) is 5.10 Å². The smallest absolute Gasteiger partial charge is 0.251 e. The Morgan fingerprint density at radius 1 is 1.13 bits per heavy atom. The first-order valence-corrected chi connectivity index (χ1v) is 9.74. The standard InChI is InChI=1S/C21H21N7O2/c1-13-23-21(27(2)25-13)28-20(17-8-7-14(11-29)10-22-17)24-19(26-28)9-15-12-30-18-6-4-3-5-16(15)18/h3-8,10,15,29H,9,11-12H2,1-2H3. The third-order valence-corrected chi connectivity index (χ3v) is 5.15. The van der Waals surface area contributed by atoms with Gasteiger partial charge in [-0.25, -0.2) is 9.67 Å². The molecule has 0 amide bonds. The van der Waals surface area contributed by atoms with Crippen molar-refractivity contribution in [1.29, 1.82) is 0 Å². The number of rotatable bonds is 5. The summed E-state index contributed by atoms with van der Waals surface area (Å²) in [6, 6.07) is 11.7. The van der Waals surface area contributed by atoms with Crippen LogP contribution in [0.3, 0.4) is 0 Å². The highest BCUT2D eigenvalue weighted by atomic mass is 16.5. The molecule has 1 aliphatic rings. The van der Waals surface area contributed by atoms with Crippen LogP contribution in [-0.4, -0.2) is 46.2 Å². The molecule has 0 saturated carbocycles. The summed E-state index contributed by atoms with van der Waals surface area (Å²) in [6.45, 7) is 2.38. The normalized spacial score (nSPS) is 15.2. The van der Waals surface area contributed by atoms with Crippen molar-refractivity contribution in [2.45, 2.75) is 25.9 Å². The van der Waals surface area contributed by atoms with Crippen LogP contribution in [0.1, 0.15) is 28.7 Å². The fraction of sp³-hybridized carbons (Fsp3) is 0.286. The van der Waals surface area contributed by atoms with Gasteiger partial charge in [0.05, 0.1) is 13.2 Å². The van der Waals surface area contributed by atoms with Crippen molar-refractivity contribution in [3.05, 3.63) is 65.4 Å². The Bertz CT molecular complexity index is 1200. The molecule has 0 bridgehead atoms. The van der Waals surface area contributed by atoms with E-state index in [0.717, 1.165) is 11.3 Å². The lowest BCUT2D eigenvalue weighted by Gasteiger charge is -2.05. The number of benzene rings is 1. The van der Waals surface area contributed by atoms with Gasteiger partial charge in [0.2, 0.25) is 0 Å². The summed E-state index contributed by atoms with van der Waals surface area (Å²) in [4.78, 5) is 13.7. The van der Waals surface area contributed by atoms with Gasteiger partial charge in [-0.05, 0) is 24.6 Å². The molecule has 152 valence electrons. The van der Waals surface area contributed by atoms with E-state index < -0.39 is 0 Å². The van der Waals surface area contributed by atoms with Gasteiger partial charge in [0.25, 0.3) is 5.95 Å². The molecule has 1 atom stereocenters. The van der Waals surface area contributed by atoms with Crippen molar-refractivity contribution in [2.24, 2.45) is 7.05 Å². The highest BCUT2D eigenvalue weighted by Crippen LogP contribution is 2.35. The minimum Gasteiger partial charge on any atom is -0.493 e. The van der Waals surface area contributed by atoms with Gasteiger partial charge in [-0.3, -0.25) is 4.98 Å². The second-order valence-corrected chi connectivity index (χ2v) is 7.31. The number of aliphatic hydroxyl groups is 1. The lowest BCUT2D eigenvalue weighted by Crippen LogP contribution is -2.09. The predicted octanol–water partition coefficient (Wildman–Crippen LogP) is 1.98. The number of fused-ring (bicyclic) bond motifs is 1. The first-order valence-electron chi connectivity index (χ1n) is 9.74. The van der Waals surface area contributed by atoms with E-state index in [-0.39, 0.29) is 12.5 Å². The fourth-order valence-electron chi connectivity index (χ4n) is 3.70. The van der Waals surface area contributed by atoms with Crippen LogP contribution in [0.4, 0.5) is 0 Å². The maximum absolute atomic E-state index is 9.31. The Hall–Kier alpha value is -3.59. The molecule has 3 aromatic heterocycles. The predicted molar refractivity (Wildman–Crippen MR) is 108 cm³/mol. The maximum atomic E-state index is 9.31. The average molecular weight is 403 g/mol. The number of para-hydroxylation sites is 1. The Labute approximate surface area is 173 Å². The first-order chi connectivity index (χ1) is 14.6. The topological polar surface area (TPSA) is 104 Å². The number of nitrogens with zero attached hydrogens (tertiary/aromatic N) is 7. The van der Waals surface area contributed by atoms with Crippen LogP contribution in [0, 0.1) is 6.92 Å². The van der Waals surface area contributed by atoms with Crippen LogP contribution in [0.2, 0.25) is 0 Å². The molecule has 1 N–H and O–H groups in total. The van der Waals surface area contributed by atoms with Gasteiger partial charge in [0.1, 0.15) is 17.3 Å². The summed E-state index contributed by atoms with van der Waals surface area (Å²) < 4.78 is 9.17. The zero-order chi connectivity index (χ0) is 20.7. The molecule has 1 aromatic carbocycles. The van der Waals surface area contributed by atoms with Crippen molar-refractivity contribution >= 4 is 0 Å². The monoisotopic (exact) mass is 403 g/mol. The Kier molecular flexibility index (Phi) is 4.51. The van der Waals surface area contributed by atoms with E-state index in [1.807, 2.05) is 44.3 Å². The lowest BCUT2D eigenvalue weighted by atomic mass is 9.98. The second kappa shape index (κ2) is 7.34. The van der Waals surface area contributed by atoms with E-state index >= 15 is 0 Å². The van der Waals surface area contributed by atoms with Crippen LogP contribution in [0.25, 0.3) is 17.5 Å². The van der Waals surface area contributed by atoms with E-state index in [1.165, 1.54) is 5.56 Å². The van der Waals surface area contributed by atoms with Crippen molar-refractivity contribution in [3.8, 4) is 23.2 Å². The summed E-state index contributed by atoms with van der Waals surface area (Å²) in [5.41, 5.74) is 2.56. The number of hydrogen-bond acceptors (Lipinski definition) is 7. The molecule has 4 heterocycles. The van der Waals surface area contributed by atoms with Crippen LogP contribution < -0.4 is 4.74 Å². The number of aryl methyl sites for hydroxylation is 2. The van der Waals surface area contributed by atoms with Gasteiger partial charge in [0, 0.05) is 31.1 Å². The van der Waals surface area contributed by atoms with Crippen molar-refractivity contribution in [3.63, 3.8) is 0 Å². The Morgan fingerprint density at radius 3 is 2.73 bits per heavy atom. The highest BCUT2D eigenvalue weighted by molar-refractivity contribution is 5.52. The van der Waals surface area contributed by atoms with Crippen LogP contribution >= 0.6 is 0 Å². The quantitative estimate of drug-likeness (QED) is 0.543. The largest absolute Gasteiger partial charge is 0.493 e. The number of ether oxygens (including phenoxy) is 1. The molecular formula is C21H21N7O2. The summed E-state index contributed by atoms with van der Waals surface area (Å²) in [5.74, 6) is 3.60. The van der Waals surface area contributed by atoms with Gasteiger partial charge in [-0.1, -0.05) is 24.3 Å². The summed E-state index contributed by atoms with van der Waals surface area (Å²) >= 11 is 0. The Balaban J connectivity index is 1.55. The zero-order valence-electron chi connectivity index (χ0n) is 16.7. The highest BCUT2D eigenvalue weighted by Gasteiger charge is 2.27. The van der Waals surface area contributed by atoms with Gasteiger partial charge in [0.15, 0.2) is 11.6 Å². The van der Waals surface area contributed by atoms with E-state index in [4.69, 9.17) is 14.8 Å². The van der Waals surface area contributed by atoms with E-state index in [1.54, 1.807) is 15.6 Å². The molecule has 0 radical (unpaired) electrons. The zero-order valence-corrected chi connectivity index (χ0v) is 16.7. The van der Waals surface area contributed by atoms with Crippen molar-refractivity contribution < 1.29 is 9.84 Å². The molecular weight excluding hydrogens is 382 g/mol. The molecule has 0 fully saturated rings. The van der Waals surface area contributed by atoms with Gasteiger partial charge >= 0.3 is 0 Å². The fourth-order valence-corrected chi connectivity index (χ4v) is 3.70. The van der Waals surface area contributed by atoms with E-state index in [0.29, 0.717) is 42.1 Å². The van der Waals surface area contributed by atoms with Gasteiger partial charge in [-0.2, -0.15) is 14.8 Å². The van der Waals surface area contributed by atoms with Gasteiger partial charge < -0.3 is 9.84 Å². The van der Waals surface area contributed by atoms with E-state index in [9.17, 15) is 5.11 Å². The summed E-state index contributed by atoms with van der Waals surface area (Å²) in [7, 11) is 1.82. The number of pyridine rings is 1. The molecule has 1 aliphatic heterocycles. The number of aliphatic hydroxyl groups excluding tert-OH is 1. The van der Waals surface area contributed by atoms with Crippen molar-refractivity contribution in [2.75, 3.05) is 6.61 Å². The molecule has 30 heavy (non-hydrogen) atoms. The van der Waals surface area contributed by atoms with Crippen LogP contribution in [0.5, 0.6) is 5.75 Å². The molecule has 0 spiro atoms. The van der Waals surface area contributed by atoms with Crippen molar-refractivity contribution in [1.82, 2.24) is 34.5 Å². The number of aromatic nitrogens is 7. The third kappa shape index (κ3) is 3.22. The second-order valence-electron chi connectivity index (χ2n) is 7.31. The minimum absolute atomic E-state index is 0.0607. The maximum Gasteiger partial charge on any atom is 0.251 e. The molecule has 9 heteroatoms. The summed E-state index contributed by atoms with van der Waals surface area (Å²) in [6.07, 6.45) is 2.28. The average Bonchev–Trinajstić information content (AvgIpc) is 3.45. The minimum atomic E-state index is -0.0607. The van der Waals surface area contributed by atoms with Crippen LogP contribution in [0.15, 0.2) is 42.6 Å². The molecule has 9 nitrogen and oxygen atoms in total. The molecule has 5 rings (SSSR count).